The van der Waals surface area contributed by atoms with Gasteiger partial charge in [-0.2, -0.15) is 0 Å². The molecule has 0 atom stereocenters. The zero-order valence-corrected chi connectivity index (χ0v) is 13.4. The molecule has 6 nitrogen and oxygen atoms in total. The molecule has 1 aromatic carbocycles. The lowest BCUT2D eigenvalue weighted by Crippen LogP contribution is -2.30. The van der Waals surface area contributed by atoms with Gasteiger partial charge in [0.2, 0.25) is 6.79 Å². The molecule has 1 aliphatic heterocycles. The highest BCUT2D eigenvalue weighted by Gasteiger charge is 2.21. The summed E-state index contributed by atoms with van der Waals surface area (Å²) < 4.78 is 16.1. The van der Waals surface area contributed by atoms with Crippen LogP contribution >= 0.6 is 0 Å². The summed E-state index contributed by atoms with van der Waals surface area (Å²) in [4.78, 5) is 18.9. The van der Waals surface area contributed by atoms with Crippen LogP contribution in [0.25, 0.3) is 0 Å². The van der Waals surface area contributed by atoms with Gasteiger partial charge in [0.25, 0.3) is 5.91 Å². The Morgan fingerprint density at radius 1 is 1.08 bits per heavy atom. The molecule has 6 heteroatoms. The second-order valence-corrected chi connectivity index (χ2v) is 5.67. The number of pyridine rings is 1. The van der Waals surface area contributed by atoms with Crippen LogP contribution in [0, 0.1) is 0 Å². The van der Waals surface area contributed by atoms with Crippen molar-refractivity contribution in [1.82, 2.24) is 9.88 Å². The monoisotopic (exact) mass is 336 g/mol. The number of fused-ring (bicyclic) bond motifs is 1. The summed E-state index contributed by atoms with van der Waals surface area (Å²) in [6, 6.07) is 12.7. The highest BCUT2D eigenvalue weighted by atomic mass is 16.7. The van der Waals surface area contributed by atoms with Crippen LogP contribution in [0.15, 0.2) is 65.5 Å². The number of ether oxygens (including phenoxy) is 2. The van der Waals surface area contributed by atoms with Crippen LogP contribution in [0.5, 0.6) is 11.5 Å². The van der Waals surface area contributed by atoms with E-state index in [-0.39, 0.29) is 12.7 Å². The Morgan fingerprint density at radius 2 is 2.00 bits per heavy atom. The van der Waals surface area contributed by atoms with Crippen LogP contribution in [-0.4, -0.2) is 22.6 Å². The molecule has 0 radical (unpaired) electrons. The number of amides is 1. The van der Waals surface area contributed by atoms with Gasteiger partial charge >= 0.3 is 0 Å². The first kappa shape index (κ1) is 15.3. The fraction of sp³-hybridized carbons (Fsp3) is 0.158. The van der Waals surface area contributed by atoms with Gasteiger partial charge in [-0.15, -0.1) is 0 Å². The second-order valence-electron chi connectivity index (χ2n) is 5.67. The van der Waals surface area contributed by atoms with Gasteiger partial charge < -0.3 is 18.8 Å². The maximum Gasteiger partial charge on any atom is 0.254 e. The van der Waals surface area contributed by atoms with Crippen LogP contribution in [0.3, 0.4) is 0 Å². The van der Waals surface area contributed by atoms with Crippen LogP contribution in [0.4, 0.5) is 0 Å². The van der Waals surface area contributed by atoms with Crippen LogP contribution in [0.1, 0.15) is 21.7 Å². The first-order valence-electron chi connectivity index (χ1n) is 7.90. The van der Waals surface area contributed by atoms with E-state index in [4.69, 9.17) is 13.9 Å². The molecule has 126 valence electrons. The van der Waals surface area contributed by atoms with Gasteiger partial charge in [-0.3, -0.25) is 9.78 Å². The summed E-state index contributed by atoms with van der Waals surface area (Å²) >= 11 is 0. The Hall–Kier alpha value is -3.28. The lowest BCUT2D eigenvalue weighted by Gasteiger charge is -2.22. The van der Waals surface area contributed by atoms with Gasteiger partial charge in [0.05, 0.1) is 12.8 Å². The van der Waals surface area contributed by atoms with Crippen molar-refractivity contribution in [1.29, 1.82) is 0 Å². The average molecular weight is 336 g/mol. The Morgan fingerprint density at radius 3 is 2.80 bits per heavy atom. The number of benzene rings is 1. The molecule has 25 heavy (non-hydrogen) atoms. The third-order valence-corrected chi connectivity index (χ3v) is 3.93. The van der Waals surface area contributed by atoms with Gasteiger partial charge in [0.1, 0.15) is 5.76 Å². The minimum Gasteiger partial charge on any atom is -0.467 e. The van der Waals surface area contributed by atoms with E-state index in [0.29, 0.717) is 30.2 Å². The van der Waals surface area contributed by atoms with E-state index in [1.807, 2.05) is 24.3 Å². The molecule has 0 spiro atoms. The minimum absolute atomic E-state index is 0.112. The van der Waals surface area contributed by atoms with E-state index in [2.05, 4.69) is 4.98 Å². The molecule has 1 amide bonds. The number of hydrogen-bond donors (Lipinski definition) is 0. The largest absolute Gasteiger partial charge is 0.467 e. The molecule has 0 fully saturated rings. The fourth-order valence-electron chi connectivity index (χ4n) is 2.71. The summed E-state index contributed by atoms with van der Waals surface area (Å²) in [5.74, 6) is 1.85. The van der Waals surface area contributed by atoms with Crippen molar-refractivity contribution in [2.75, 3.05) is 6.79 Å². The molecular formula is C19H16N2O4. The molecule has 3 heterocycles. The number of furan rings is 1. The smallest absolute Gasteiger partial charge is 0.254 e. The van der Waals surface area contributed by atoms with Crippen molar-refractivity contribution in [2.45, 2.75) is 13.1 Å². The molecule has 2 aromatic heterocycles. The van der Waals surface area contributed by atoms with E-state index in [9.17, 15) is 4.79 Å². The Labute approximate surface area is 144 Å². The Balaban J connectivity index is 1.61. The standard InChI is InChI=1S/C19H16N2O4/c22-19(15-5-6-17-18(9-15)25-13-24-17)21(12-16-4-2-8-23-16)11-14-3-1-7-20-10-14/h1-10H,11-13H2. The molecule has 0 bridgehead atoms. The number of rotatable bonds is 5. The molecule has 0 aliphatic carbocycles. The van der Waals surface area contributed by atoms with Gasteiger partial charge in [-0.05, 0) is 42.0 Å². The predicted octanol–water partition coefficient (Wildman–Crippen LogP) is 3.25. The van der Waals surface area contributed by atoms with E-state index in [0.717, 1.165) is 11.3 Å². The first-order valence-corrected chi connectivity index (χ1v) is 7.90. The summed E-state index contributed by atoms with van der Waals surface area (Å²) in [7, 11) is 0. The van der Waals surface area contributed by atoms with Crippen molar-refractivity contribution in [2.24, 2.45) is 0 Å². The van der Waals surface area contributed by atoms with Crippen molar-refractivity contribution < 1.29 is 18.7 Å². The predicted molar refractivity (Wildman–Crippen MR) is 89.1 cm³/mol. The van der Waals surface area contributed by atoms with E-state index < -0.39 is 0 Å². The number of aromatic nitrogens is 1. The summed E-state index contributed by atoms with van der Waals surface area (Å²) in [5.41, 5.74) is 1.49. The van der Waals surface area contributed by atoms with Crippen molar-refractivity contribution in [3.63, 3.8) is 0 Å². The molecular weight excluding hydrogens is 320 g/mol. The SMILES string of the molecule is O=C(c1ccc2c(c1)OCO2)N(Cc1cccnc1)Cc1ccco1. The highest BCUT2D eigenvalue weighted by molar-refractivity contribution is 5.95. The topological polar surface area (TPSA) is 64.8 Å². The lowest BCUT2D eigenvalue weighted by molar-refractivity contribution is 0.0717. The van der Waals surface area contributed by atoms with Crippen molar-refractivity contribution in [3.8, 4) is 11.5 Å². The number of hydrogen-bond acceptors (Lipinski definition) is 5. The van der Waals surface area contributed by atoms with Gasteiger partial charge in [0, 0.05) is 24.5 Å². The molecule has 0 N–H and O–H groups in total. The second kappa shape index (κ2) is 6.68. The Bertz CT molecular complexity index is 862. The van der Waals surface area contributed by atoms with Crippen LogP contribution in [0.2, 0.25) is 0 Å². The molecule has 1 aliphatic rings. The van der Waals surface area contributed by atoms with E-state index in [1.165, 1.54) is 0 Å². The molecule has 0 saturated carbocycles. The van der Waals surface area contributed by atoms with Gasteiger partial charge in [-0.25, -0.2) is 0 Å². The third-order valence-electron chi connectivity index (χ3n) is 3.93. The normalized spacial score (nSPS) is 12.2. The van der Waals surface area contributed by atoms with Crippen molar-refractivity contribution >= 4 is 5.91 Å². The highest BCUT2D eigenvalue weighted by Crippen LogP contribution is 2.33. The quantitative estimate of drug-likeness (QED) is 0.715. The number of nitrogens with zero attached hydrogens (tertiary/aromatic N) is 2. The zero-order chi connectivity index (χ0) is 17.1. The maximum atomic E-state index is 13.0. The van der Waals surface area contributed by atoms with E-state index in [1.54, 1.807) is 41.8 Å². The maximum absolute atomic E-state index is 13.0. The third kappa shape index (κ3) is 3.33. The average Bonchev–Trinajstić information content (AvgIpc) is 3.32. The Kier molecular flexibility index (Phi) is 4.08. The molecule has 0 unspecified atom stereocenters. The van der Waals surface area contributed by atoms with Crippen molar-refractivity contribution in [3.05, 3.63) is 78.0 Å². The molecule has 3 aromatic rings. The lowest BCUT2D eigenvalue weighted by atomic mass is 10.1. The van der Waals surface area contributed by atoms with Crippen LogP contribution in [-0.2, 0) is 13.1 Å². The van der Waals surface area contributed by atoms with Gasteiger partial charge in [-0.1, -0.05) is 6.07 Å². The van der Waals surface area contributed by atoms with Crippen LogP contribution < -0.4 is 9.47 Å². The molecule has 0 saturated heterocycles. The minimum atomic E-state index is -0.112. The first-order chi connectivity index (χ1) is 12.3. The van der Waals surface area contributed by atoms with E-state index >= 15 is 0 Å². The number of carbonyl (C=O) groups excluding carboxylic acids is 1. The van der Waals surface area contributed by atoms with Gasteiger partial charge in [0.15, 0.2) is 11.5 Å². The zero-order valence-electron chi connectivity index (χ0n) is 13.4. The summed E-state index contributed by atoms with van der Waals surface area (Å²) in [6.45, 7) is 0.982. The molecule has 4 rings (SSSR count). The number of carbonyl (C=O) groups is 1. The summed E-state index contributed by atoms with van der Waals surface area (Å²) in [5, 5.41) is 0. The summed E-state index contributed by atoms with van der Waals surface area (Å²) in [6.07, 6.45) is 5.06. The fourth-order valence-corrected chi connectivity index (χ4v) is 2.71.